The monoisotopic (exact) mass is 269 g/mol. The van der Waals surface area contributed by atoms with Gasteiger partial charge in [-0.3, -0.25) is 0 Å². The molecule has 112 valence electrons. The minimum Gasteiger partial charge on any atom is -0.389 e. The van der Waals surface area contributed by atoms with Crippen LogP contribution in [-0.2, 0) is 4.74 Å². The van der Waals surface area contributed by atoms with Crippen LogP contribution in [0.3, 0.4) is 0 Å². The van der Waals surface area contributed by atoms with Crippen molar-refractivity contribution >= 4 is 0 Å². The Morgan fingerprint density at radius 2 is 2.00 bits per heavy atom. The van der Waals surface area contributed by atoms with Gasteiger partial charge in [0.1, 0.15) is 0 Å². The standard InChI is InChI=1S/C16H31NO2/c1-2-14-5-3-4-6-16(14)19-12-15(18)11-17-10-9-13-7-8-13/h13-18H,2-12H2,1H3. The molecule has 2 aliphatic carbocycles. The van der Waals surface area contributed by atoms with Gasteiger partial charge in [-0.25, -0.2) is 0 Å². The first-order valence-electron chi connectivity index (χ1n) is 8.30. The molecule has 0 saturated heterocycles. The van der Waals surface area contributed by atoms with Gasteiger partial charge in [0, 0.05) is 6.54 Å². The maximum atomic E-state index is 9.93. The van der Waals surface area contributed by atoms with Crippen LogP contribution in [-0.4, -0.2) is 37.0 Å². The van der Waals surface area contributed by atoms with E-state index in [1.807, 2.05) is 0 Å². The van der Waals surface area contributed by atoms with Gasteiger partial charge in [-0.15, -0.1) is 0 Å². The Labute approximate surface area is 118 Å². The van der Waals surface area contributed by atoms with Crippen molar-refractivity contribution in [3.63, 3.8) is 0 Å². The quantitative estimate of drug-likeness (QED) is 0.632. The van der Waals surface area contributed by atoms with Gasteiger partial charge in [0.15, 0.2) is 0 Å². The average Bonchev–Trinajstić information content (AvgIpc) is 3.26. The Bertz CT molecular complexity index is 243. The van der Waals surface area contributed by atoms with Gasteiger partial charge in [0.2, 0.25) is 0 Å². The van der Waals surface area contributed by atoms with Gasteiger partial charge in [-0.1, -0.05) is 39.0 Å². The van der Waals surface area contributed by atoms with Gasteiger partial charge in [0.05, 0.1) is 18.8 Å². The second-order valence-electron chi connectivity index (χ2n) is 6.41. The molecule has 0 aromatic carbocycles. The average molecular weight is 269 g/mol. The van der Waals surface area contributed by atoms with Crippen LogP contribution in [0.4, 0.5) is 0 Å². The molecule has 0 bridgehead atoms. The molecular formula is C16H31NO2. The SMILES string of the molecule is CCC1CCCCC1OCC(O)CNCCC1CC1. The first-order valence-corrected chi connectivity index (χ1v) is 8.30. The summed E-state index contributed by atoms with van der Waals surface area (Å²) >= 11 is 0. The van der Waals surface area contributed by atoms with E-state index in [1.165, 1.54) is 51.4 Å². The van der Waals surface area contributed by atoms with Gasteiger partial charge >= 0.3 is 0 Å². The summed E-state index contributed by atoms with van der Waals surface area (Å²) in [6.45, 7) is 4.47. The summed E-state index contributed by atoms with van der Waals surface area (Å²) in [5, 5.41) is 13.3. The van der Waals surface area contributed by atoms with Crippen LogP contribution in [0.25, 0.3) is 0 Å². The summed E-state index contributed by atoms with van der Waals surface area (Å²) in [4.78, 5) is 0. The zero-order valence-corrected chi connectivity index (χ0v) is 12.4. The molecule has 3 heteroatoms. The van der Waals surface area contributed by atoms with Crippen molar-refractivity contribution in [2.75, 3.05) is 19.7 Å². The third-order valence-corrected chi connectivity index (χ3v) is 4.67. The summed E-state index contributed by atoms with van der Waals surface area (Å²) in [6, 6.07) is 0. The largest absolute Gasteiger partial charge is 0.389 e. The molecule has 3 unspecified atom stereocenters. The minimum absolute atomic E-state index is 0.348. The second-order valence-corrected chi connectivity index (χ2v) is 6.41. The lowest BCUT2D eigenvalue weighted by molar-refractivity contribution is -0.0498. The molecule has 2 fully saturated rings. The summed E-state index contributed by atoms with van der Waals surface area (Å²) in [5.41, 5.74) is 0. The Hall–Kier alpha value is -0.120. The van der Waals surface area contributed by atoms with E-state index in [-0.39, 0.29) is 6.10 Å². The zero-order chi connectivity index (χ0) is 13.5. The smallest absolute Gasteiger partial charge is 0.0897 e. The molecule has 0 amide bonds. The highest BCUT2D eigenvalue weighted by Gasteiger charge is 2.25. The molecule has 2 rings (SSSR count). The van der Waals surface area contributed by atoms with Crippen LogP contribution in [0.1, 0.15) is 58.3 Å². The van der Waals surface area contributed by atoms with Crippen LogP contribution in [0.5, 0.6) is 0 Å². The lowest BCUT2D eigenvalue weighted by Crippen LogP contribution is -2.35. The van der Waals surface area contributed by atoms with Crippen LogP contribution in [0.2, 0.25) is 0 Å². The lowest BCUT2D eigenvalue weighted by Gasteiger charge is -2.31. The lowest BCUT2D eigenvalue weighted by atomic mass is 9.85. The third kappa shape index (κ3) is 5.80. The van der Waals surface area contributed by atoms with E-state index in [9.17, 15) is 5.11 Å². The van der Waals surface area contributed by atoms with E-state index in [2.05, 4.69) is 12.2 Å². The van der Waals surface area contributed by atoms with E-state index in [0.29, 0.717) is 25.2 Å². The first kappa shape index (κ1) is 15.3. The summed E-state index contributed by atoms with van der Waals surface area (Å²) in [6.07, 6.45) is 10.5. The van der Waals surface area contributed by atoms with Crippen molar-refractivity contribution in [1.29, 1.82) is 0 Å². The van der Waals surface area contributed by atoms with Crippen LogP contribution >= 0.6 is 0 Å². The number of hydrogen-bond donors (Lipinski definition) is 2. The highest BCUT2D eigenvalue weighted by molar-refractivity contribution is 4.76. The van der Waals surface area contributed by atoms with Crippen molar-refractivity contribution in [1.82, 2.24) is 5.32 Å². The van der Waals surface area contributed by atoms with Crippen molar-refractivity contribution in [3.05, 3.63) is 0 Å². The predicted octanol–water partition coefficient (Wildman–Crippen LogP) is 2.72. The zero-order valence-electron chi connectivity index (χ0n) is 12.4. The molecule has 0 spiro atoms. The Kier molecular flexibility index (Phi) is 6.62. The van der Waals surface area contributed by atoms with Crippen LogP contribution < -0.4 is 5.32 Å². The van der Waals surface area contributed by atoms with E-state index < -0.39 is 0 Å². The second kappa shape index (κ2) is 8.23. The van der Waals surface area contributed by atoms with Gasteiger partial charge in [-0.2, -0.15) is 0 Å². The van der Waals surface area contributed by atoms with E-state index in [1.54, 1.807) is 0 Å². The molecule has 3 atom stereocenters. The molecule has 3 nitrogen and oxygen atoms in total. The van der Waals surface area contributed by atoms with Gasteiger partial charge in [0.25, 0.3) is 0 Å². The van der Waals surface area contributed by atoms with Crippen molar-refractivity contribution in [3.8, 4) is 0 Å². The van der Waals surface area contributed by atoms with Crippen molar-refractivity contribution in [2.45, 2.75) is 70.5 Å². The minimum atomic E-state index is -0.348. The fourth-order valence-corrected chi connectivity index (χ4v) is 3.14. The van der Waals surface area contributed by atoms with Crippen LogP contribution in [0.15, 0.2) is 0 Å². The van der Waals surface area contributed by atoms with Gasteiger partial charge in [-0.05, 0) is 37.6 Å². The molecule has 19 heavy (non-hydrogen) atoms. The molecule has 0 heterocycles. The number of rotatable bonds is 9. The van der Waals surface area contributed by atoms with E-state index in [4.69, 9.17) is 4.74 Å². The number of hydrogen-bond acceptors (Lipinski definition) is 3. The van der Waals surface area contributed by atoms with Crippen LogP contribution in [0, 0.1) is 11.8 Å². The van der Waals surface area contributed by atoms with Gasteiger partial charge < -0.3 is 15.2 Å². The molecule has 2 N–H and O–H groups in total. The third-order valence-electron chi connectivity index (χ3n) is 4.67. The Morgan fingerprint density at radius 3 is 2.74 bits per heavy atom. The summed E-state index contributed by atoms with van der Waals surface area (Å²) < 4.78 is 5.95. The topological polar surface area (TPSA) is 41.5 Å². The van der Waals surface area contributed by atoms with Crippen molar-refractivity contribution in [2.24, 2.45) is 11.8 Å². The van der Waals surface area contributed by atoms with E-state index in [0.717, 1.165) is 12.5 Å². The Morgan fingerprint density at radius 1 is 1.21 bits per heavy atom. The summed E-state index contributed by atoms with van der Waals surface area (Å²) in [5.74, 6) is 1.68. The molecule has 0 radical (unpaired) electrons. The summed E-state index contributed by atoms with van der Waals surface area (Å²) in [7, 11) is 0. The molecule has 2 saturated carbocycles. The first-order chi connectivity index (χ1) is 9.29. The highest BCUT2D eigenvalue weighted by Crippen LogP contribution is 2.31. The highest BCUT2D eigenvalue weighted by atomic mass is 16.5. The number of nitrogens with one attached hydrogen (secondary N) is 1. The predicted molar refractivity (Wildman–Crippen MR) is 78.2 cm³/mol. The normalized spacial score (nSPS) is 29.4. The van der Waals surface area contributed by atoms with E-state index >= 15 is 0 Å². The molecule has 2 aliphatic rings. The fraction of sp³-hybridized carbons (Fsp3) is 1.00. The molecule has 0 aromatic heterocycles. The maximum absolute atomic E-state index is 9.93. The Balaban J connectivity index is 1.52. The number of aliphatic hydroxyl groups is 1. The molecule has 0 aliphatic heterocycles. The fourth-order valence-electron chi connectivity index (χ4n) is 3.14. The maximum Gasteiger partial charge on any atom is 0.0897 e. The van der Waals surface area contributed by atoms with Crippen molar-refractivity contribution < 1.29 is 9.84 Å². The molecular weight excluding hydrogens is 238 g/mol. The number of aliphatic hydroxyl groups excluding tert-OH is 1. The number of ether oxygens (including phenoxy) is 1. The molecule has 0 aromatic rings.